The first-order chi connectivity index (χ1) is 9.56. The Labute approximate surface area is 116 Å². The quantitative estimate of drug-likeness (QED) is 0.789. The van der Waals surface area contributed by atoms with E-state index in [1.807, 2.05) is 0 Å². The molecule has 2 rings (SSSR count). The van der Waals surface area contributed by atoms with Crippen LogP contribution in [0, 0.1) is 0 Å². The molecule has 4 N–H and O–H groups in total. The van der Waals surface area contributed by atoms with Gasteiger partial charge >= 0.3 is 0 Å². The lowest BCUT2D eigenvalue weighted by atomic mass is 10.1. The van der Waals surface area contributed by atoms with Crippen LogP contribution < -0.4 is 11.1 Å². The van der Waals surface area contributed by atoms with E-state index in [0.717, 1.165) is 0 Å². The molecule has 0 aromatic heterocycles. The van der Waals surface area contributed by atoms with E-state index in [2.05, 4.69) is 5.32 Å². The van der Waals surface area contributed by atoms with Crippen molar-refractivity contribution in [2.75, 3.05) is 5.32 Å². The zero-order chi connectivity index (χ0) is 14.5. The molecule has 20 heavy (non-hydrogen) atoms. The van der Waals surface area contributed by atoms with Gasteiger partial charge in [-0.1, -0.05) is 18.2 Å². The van der Waals surface area contributed by atoms with Crippen molar-refractivity contribution in [3.05, 3.63) is 59.7 Å². The summed E-state index contributed by atoms with van der Waals surface area (Å²) in [5.74, 6) is -0.679. The second kappa shape index (κ2) is 5.88. The number of rotatable bonds is 4. The number of phenolic OH excluding ortho intramolecular Hbond substituents is 1. The van der Waals surface area contributed by atoms with Crippen LogP contribution in [-0.4, -0.2) is 16.9 Å². The molecule has 0 unspecified atom stereocenters. The van der Waals surface area contributed by atoms with Crippen molar-refractivity contribution in [2.24, 2.45) is 5.73 Å². The molecule has 102 valence electrons. The van der Waals surface area contributed by atoms with Crippen molar-refractivity contribution in [2.45, 2.75) is 6.42 Å². The van der Waals surface area contributed by atoms with E-state index in [4.69, 9.17) is 5.73 Å². The van der Waals surface area contributed by atoms with Gasteiger partial charge in [-0.2, -0.15) is 0 Å². The highest BCUT2D eigenvalue weighted by molar-refractivity contribution is 5.95. The maximum absolute atomic E-state index is 11.8. The number of aromatic hydroxyl groups is 1. The number of carbonyl (C=O) groups excluding carboxylic acids is 2. The maximum atomic E-state index is 11.8. The van der Waals surface area contributed by atoms with Gasteiger partial charge < -0.3 is 16.2 Å². The van der Waals surface area contributed by atoms with Crippen LogP contribution in [0.25, 0.3) is 0 Å². The summed E-state index contributed by atoms with van der Waals surface area (Å²) in [6.45, 7) is 0. The third-order valence-corrected chi connectivity index (χ3v) is 2.80. The number of carbonyl (C=O) groups is 2. The highest BCUT2D eigenvalue weighted by Crippen LogP contribution is 2.17. The smallest absolute Gasteiger partial charge is 0.248 e. The SMILES string of the molecule is NC(=O)c1ccc(NC(=O)Cc2ccccc2O)cc1. The maximum Gasteiger partial charge on any atom is 0.248 e. The Morgan fingerprint density at radius 3 is 2.30 bits per heavy atom. The molecular weight excluding hydrogens is 256 g/mol. The normalized spacial score (nSPS) is 10.0. The summed E-state index contributed by atoms with van der Waals surface area (Å²) in [6, 6.07) is 12.9. The zero-order valence-corrected chi connectivity index (χ0v) is 10.7. The van der Waals surface area contributed by atoms with Crippen molar-refractivity contribution in [3.8, 4) is 5.75 Å². The summed E-state index contributed by atoms with van der Waals surface area (Å²) in [6.07, 6.45) is 0.0737. The number of para-hydroxylation sites is 1. The lowest BCUT2D eigenvalue weighted by Crippen LogP contribution is -2.15. The van der Waals surface area contributed by atoms with E-state index in [9.17, 15) is 14.7 Å². The lowest BCUT2D eigenvalue weighted by Gasteiger charge is -2.07. The Bertz CT molecular complexity index is 636. The molecule has 0 spiro atoms. The van der Waals surface area contributed by atoms with Gasteiger partial charge in [0.25, 0.3) is 0 Å². The van der Waals surface area contributed by atoms with Crippen LogP contribution in [-0.2, 0) is 11.2 Å². The molecule has 2 amide bonds. The third-order valence-electron chi connectivity index (χ3n) is 2.80. The van der Waals surface area contributed by atoms with Crippen LogP contribution in [0.15, 0.2) is 48.5 Å². The Kier molecular flexibility index (Phi) is 4.00. The molecule has 0 atom stereocenters. The average molecular weight is 270 g/mol. The second-order valence-corrected chi connectivity index (χ2v) is 4.30. The summed E-state index contributed by atoms with van der Waals surface area (Å²) in [5.41, 5.74) is 6.63. The molecule has 0 bridgehead atoms. The monoisotopic (exact) mass is 270 g/mol. The van der Waals surface area contributed by atoms with Crippen molar-refractivity contribution < 1.29 is 14.7 Å². The van der Waals surface area contributed by atoms with Gasteiger partial charge in [0, 0.05) is 16.8 Å². The molecule has 0 aliphatic carbocycles. The van der Waals surface area contributed by atoms with Crippen LogP contribution in [0.2, 0.25) is 0 Å². The Morgan fingerprint density at radius 2 is 1.70 bits per heavy atom. The first kappa shape index (κ1) is 13.6. The van der Waals surface area contributed by atoms with Gasteiger partial charge in [0.1, 0.15) is 5.75 Å². The fourth-order valence-corrected chi connectivity index (χ4v) is 1.76. The summed E-state index contributed by atoms with van der Waals surface area (Å²) < 4.78 is 0. The molecule has 0 saturated heterocycles. The Hall–Kier alpha value is -2.82. The van der Waals surface area contributed by atoms with E-state index < -0.39 is 5.91 Å². The van der Waals surface area contributed by atoms with Gasteiger partial charge in [-0.3, -0.25) is 9.59 Å². The molecule has 2 aromatic rings. The molecule has 0 saturated carbocycles. The van der Waals surface area contributed by atoms with Gasteiger partial charge in [-0.05, 0) is 30.3 Å². The van der Waals surface area contributed by atoms with Crippen LogP contribution in [0.1, 0.15) is 15.9 Å². The van der Waals surface area contributed by atoms with Crippen molar-refractivity contribution in [3.63, 3.8) is 0 Å². The van der Waals surface area contributed by atoms with Crippen molar-refractivity contribution in [1.29, 1.82) is 0 Å². The first-order valence-electron chi connectivity index (χ1n) is 6.03. The first-order valence-corrected chi connectivity index (χ1v) is 6.03. The molecular formula is C15H14N2O3. The van der Waals surface area contributed by atoms with Crippen LogP contribution >= 0.6 is 0 Å². The van der Waals surface area contributed by atoms with E-state index in [1.165, 1.54) is 18.2 Å². The largest absolute Gasteiger partial charge is 0.508 e. The number of nitrogens with two attached hydrogens (primary N) is 1. The van der Waals surface area contributed by atoms with E-state index >= 15 is 0 Å². The zero-order valence-electron chi connectivity index (χ0n) is 10.7. The number of anilines is 1. The fourth-order valence-electron chi connectivity index (χ4n) is 1.76. The number of benzene rings is 2. The van der Waals surface area contributed by atoms with E-state index in [0.29, 0.717) is 16.8 Å². The van der Waals surface area contributed by atoms with Gasteiger partial charge in [0.05, 0.1) is 6.42 Å². The number of phenols is 1. The molecule has 5 heteroatoms. The predicted octanol–water partition coefficient (Wildman–Crippen LogP) is 1.67. The minimum Gasteiger partial charge on any atom is -0.508 e. The van der Waals surface area contributed by atoms with Gasteiger partial charge in [-0.25, -0.2) is 0 Å². The minimum absolute atomic E-state index is 0.0737. The van der Waals surface area contributed by atoms with Crippen molar-refractivity contribution >= 4 is 17.5 Å². The van der Waals surface area contributed by atoms with Crippen LogP contribution in [0.5, 0.6) is 5.75 Å². The molecule has 0 heterocycles. The summed E-state index contributed by atoms with van der Waals surface area (Å²) in [7, 11) is 0. The van der Waals surface area contributed by atoms with Gasteiger partial charge in [0.15, 0.2) is 0 Å². The Balaban J connectivity index is 2.01. The molecule has 0 aliphatic rings. The Morgan fingerprint density at radius 1 is 1.05 bits per heavy atom. The number of primary amides is 1. The summed E-state index contributed by atoms with van der Waals surface area (Å²) in [5, 5.41) is 12.3. The third kappa shape index (κ3) is 3.35. The number of amides is 2. The number of hydrogen-bond donors (Lipinski definition) is 3. The molecule has 0 fully saturated rings. The van der Waals surface area contributed by atoms with E-state index in [1.54, 1.807) is 30.3 Å². The van der Waals surface area contributed by atoms with Gasteiger partial charge in [-0.15, -0.1) is 0 Å². The summed E-state index contributed by atoms with van der Waals surface area (Å²) in [4.78, 5) is 22.8. The average Bonchev–Trinajstić information content (AvgIpc) is 2.42. The molecule has 2 aromatic carbocycles. The van der Waals surface area contributed by atoms with E-state index in [-0.39, 0.29) is 18.1 Å². The highest BCUT2D eigenvalue weighted by Gasteiger charge is 2.08. The highest BCUT2D eigenvalue weighted by atomic mass is 16.3. The minimum atomic E-state index is -0.517. The summed E-state index contributed by atoms with van der Waals surface area (Å²) >= 11 is 0. The van der Waals surface area contributed by atoms with Crippen LogP contribution in [0.3, 0.4) is 0 Å². The molecule has 0 aliphatic heterocycles. The number of hydrogen-bond acceptors (Lipinski definition) is 3. The predicted molar refractivity (Wildman–Crippen MR) is 75.4 cm³/mol. The number of nitrogens with one attached hydrogen (secondary N) is 1. The lowest BCUT2D eigenvalue weighted by molar-refractivity contribution is -0.115. The topological polar surface area (TPSA) is 92.4 Å². The fraction of sp³-hybridized carbons (Fsp3) is 0.0667. The molecule has 5 nitrogen and oxygen atoms in total. The van der Waals surface area contributed by atoms with Crippen molar-refractivity contribution in [1.82, 2.24) is 0 Å². The van der Waals surface area contributed by atoms with Crippen LogP contribution in [0.4, 0.5) is 5.69 Å². The standard InChI is InChI=1S/C15H14N2O3/c16-15(20)10-5-7-12(8-6-10)17-14(19)9-11-3-1-2-4-13(11)18/h1-8,18H,9H2,(H2,16,20)(H,17,19). The second-order valence-electron chi connectivity index (χ2n) is 4.30. The van der Waals surface area contributed by atoms with Gasteiger partial charge in [0.2, 0.25) is 11.8 Å². The molecule has 0 radical (unpaired) electrons.